The summed E-state index contributed by atoms with van der Waals surface area (Å²) in [5.74, 6) is 0.894. The number of aromatic nitrogens is 2. The van der Waals surface area contributed by atoms with Gasteiger partial charge in [-0.25, -0.2) is 4.98 Å². The lowest BCUT2D eigenvalue weighted by Gasteiger charge is -2.13. The predicted molar refractivity (Wildman–Crippen MR) is 89.4 cm³/mol. The minimum Gasteiger partial charge on any atom is -0.302 e. The molecular weight excluding hydrogens is 317 g/mol. The van der Waals surface area contributed by atoms with Gasteiger partial charge in [0.05, 0.1) is 17.9 Å². The van der Waals surface area contributed by atoms with E-state index in [-0.39, 0.29) is 0 Å². The molecule has 2 heterocycles. The molecule has 0 fully saturated rings. The van der Waals surface area contributed by atoms with Crippen molar-refractivity contribution in [2.45, 2.75) is 6.54 Å². The van der Waals surface area contributed by atoms with Crippen molar-refractivity contribution >= 4 is 28.9 Å². The van der Waals surface area contributed by atoms with Gasteiger partial charge in [-0.05, 0) is 24.3 Å². The third-order valence-electron chi connectivity index (χ3n) is 3.70. The number of benzene rings is 2. The second-order valence-electron chi connectivity index (χ2n) is 5.02. The summed E-state index contributed by atoms with van der Waals surface area (Å²) in [5.41, 5.74) is 3.71. The van der Waals surface area contributed by atoms with E-state index in [1.165, 1.54) is 0 Å². The molecule has 0 amide bonds. The number of imidazole rings is 1. The van der Waals surface area contributed by atoms with Crippen molar-refractivity contribution in [1.82, 2.24) is 9.55 Å². The molecule has 22 heavy (non-hydrogen) atoms. The molecule has 4 rings (SSSR count). The van der Waals surface area contributed by atoms with E-state index in [0.717, 1.165) is 28.4 Å². The summed E-state index contributed by atoms with van der Waals surface area (Å²) in [6, 6.07) is 13.5. The molecule has 108 valence electrons. The van der Waals surface area contributed by atoms with Gasteiger partial charge in [-0.15, -0.1) is 0 Å². The van der Waals surface area contributed by atoms with Gasteiger partial charge in [0.25, 0.3) is 0 Å². The van der Waals surface area contributed by atoms with Crippen LogP contribution in [0.1, 0.15) is 17.0 Å². The topological polar surface area (TPSA) is 30.2 Å². The van der Waals surface area contributed by atoms with Gasteiger partial charge in [0, 0.05) is 33.6 Å². The molecule has 0 aliphatic carbocycles. The van der Waals surface area contributed by atoms with Crippen LogP contribution in [0.3, 0.4) is 0 Å². The highest BCUT2D eigenvalue weighted by atomic mass is 35.5. The molecule has 0 spiro atoms. The second-order valence-corrected chi connectivity index (χ2v) is 5.86. The summed E-state index contributed by atoms with van der Waals surface area (Å²) in [4.78, 5) is 9.12. The first kappa shape index (κ1) is 13.6. The predicted octanol–water partition coefficient (Wildman–Crippen LogP) is 4.53. The van der Waals surface area contributed by atoms with E-state index in [9.17, 15) is 0 Å². The van der Waals surface area contributed by atoms with E-state index in [0.29, 0.717) is 16.6 Å². The van der Waals surface area contributed by atoms with E-state index in [1.807, 2.05) is 53.2 Å². The van der Waals surface area contributed by atoms with Crippen LogP contribution in [0.4, 0.5) is 0 Å². The van der Waals surface area contributed by atoms with Crippen LogP contribution in [0.2, 0.25) is 10.0 Å². The smallest absolute Gasteiger partial charge is 0.134 e. The number of nitrogens with zero attached hydrogens (tertiary/aromatic N) is 3. The van der Waals surface area contributed by atoms with Crippen molar-refractivity contribution in [1.29, 1.82) is 0 Å². The van der Waals surface area contributed by atoms with Crippen molar-refractivity contribution in [2.24, 2.45) is 4.99 Å². The van der Waals surface area contributed by atoms with E-state index < -0.39 is 0 Å². The summed E-state index contributed by atoms with van der Waals surface area (Å²) >= 11 is 12.6. The van der Waals surface area contributed by atoms with Gasteiger partial charge in [-0.2, -0.15) is 0 Å². The standard InChI is InChI=1S/C17H11Cl2N3/c18-11-5-6-15-13(9-11)17(12-3-1-2-4-14(12)19)21-10-16-20-7-8-22(15)16/h1-9H,10H2. The fraction of sp³-hybridized carbons (Fsp3) is 0.0588. The highest BCUT2D eigenvalue weighted by Gasteiger charge is 2.20. The Morgan fingerprint density at radius 1 is 1.00 bits per heavy atom. The van der Waals surface area contributed by atoms with Crippen molar-refractivity contribution in [3.05, 3.63) is 81.9 Å². The number of hydrogen-bond acceptors (Lipinski definition) is 2. The first-order valence-electron chi connectivity index (χ1n) is 6.86. The Balaban J connectivity index is 2.01. The molecule has 1 aliphatic heterocycles. The van der Waals surface area contributed by atoms with E-state index >= 15 is 0 Å². The Hall–Kier alpha value is -2.10. The van der Waals surface area contributed by atoms with Crippen LogP contribution in [0.15, 0.2) is 59.9 Å². The van der Waals surface area contributed by atoms with Crippen LogP contribution in [0.25, 0.3) is 5.69 Å². The molecule has 1 aliphatic rings. The average Bonchev–Trinajstić information content (AvgIpc) is 2.92. The Morgan fingerprint density at radius 3 is 2.73 bits per heavy atom. The first-order valence-corrected chi connectivity index (χ1v) is 7.61. The molecule has 1 aromatic heterocycles. The van der Waals surface area contributed by atoms with Crippen molar-refractivity contribution in [3.8, 4) is 5.69 Å². The van der Waals surface area contributed by atoms with Crippen LogP contribution in [-0.4, -0.2) is 15.3 Å². The van der Waals surface area contributed by atoms with Crippen molar-refractivity contribution in [2.75, 3.05) is 0 Å². The normalized spacial score (nSPS) is 13.1. The Morgan fingerprint density at radius 2 is 1.86 bits per heavy atom. The summed E-state index contributed by atoms with van der Waals surface area (Å²) in [5, 5.41) is 1.34. The highest BCUT2D eigenvalue weighted by molar-refractivity contribution is 6.36. The SMILES string of the molecule is Clc1ccc2c(c1)C(c1ccccc1Cl)=NCc1nccn1-2. The molecule has 0 bridgehead atoms. The molecule has 0 saturated carbocycles. The maximum absolute atomic E-state index is 6.37. The van der Waals surface area contributed by atoms with Gasteiger partial charge in [-0.1, -0.05) is 41.4 Å². The lowest BCUT2D eigenvalue weighted by Crippen LogP contribution is -2.07. The van der Waals surface area contributed by atoms with Crippen LogP contribution in [-0.2, 0) is 6.54 Å². The molecular formula is C17H11Cl2N3. The van der Waals surface area contributed by atoms with Gasteiger partial charge in [-0.3, -0.25) is 4.99 Å². The molecule has 0 N–H and O–H groups in total. The van der Waals surface area contributed by atoms with Gasteiger partial charge >= 0.3 is 0 Å². The first-order chi connectivity index (χ1) is 10.7. The van der Waals surface area contributed by atoms with E-state index in [4.69, 9.17) is 28.2 Å². The number of hydrogen-bond donors (Lipinski definition) is 0. The van der Waals surface area contributed by atoms with Crippen molar-refractivity contribution in [3.63, 3.8) is 0 Å². The summed E-state index contributed by atoms with van der Waals surface area (Å²) in [7, 11) is 0. The Bertz CT molecular complexity index is 896. The number of aliphatic imine (C=N–C) groups is 1. The third kappa shape index (κ3) is 2.14. The molecule has 3 nitrogen and oxygen atoms in total. The lowest BCUT2D eigenvalue weighted by atomic mass is 10.0. The molecule has 5 heteroatoms. The average molecular weight is 328 g/mol. The maximum atomic E-state index is 6.37. The summed E-state index contributed by atoms with van der Waals surface area (Å²) in [6.07, 6.45) is 3.72. The monoisotopic (exact) mass is 327 g/mol. The fourth-order valence-electron chi connectivity index (χ4n) is 2.70. The number of halogens is 2. The second kappa shape index (κ2) is 5.27. The van der Waals surface area contributed by atoms with Gasteiger partial charge in [0.15, 0.2) is 0 Å². The van der Waals surface area contributed by atoms with Crippen LogP contribution in [0.5, 0.6) is 0 Å². The fourth-order valence-corrected chi connectivity index (χ4v) is 3.09. The van der Waals surface area contributed by atoms with Crippen LogP contribution < -0.4 is 0 Å². The van der Waals surface area contributed by atoms with Crippen molar-refractivity contribution < 1.29 is 0 Å². The molecule has 0 radical (unpaired) electrons. The minimum absolute atomic E-state index is 0.500. The largest absolute Gasteiger partial charge is 0.302 e. The zero-order valence-corrected chi connectivity index (χ0v) is 13.0. The summed E-state index contributed by atoms with van der Waals surface area (Å²) < 4.78 is 2.04. The third-order valence-corrected chi connectivity index (χ3v) is 4.26. The van der Waals surface area contributed by atoms with E-state index in [1.54, 1.807) is 6.20 Å². The Labute approximate surface area is 137 Å². The van der Waals surface area contributed by atoms with Crippen LogP contribution in [0, 0.1) is 0 Å². The zero-order valence-electron chi connectivity index (χ0n) is 11.5. The number of fused-ring (bicyclic) bond motifs is 3. The number of rotatable bonds is 1. The van der Waals surface area contributed by atoms with Gasteiger partial charge < -0.3 is 4.57 Å². The molecule has 0 unspecified atom stereocenters. The molecule has 2 aromatic carbocycles. The molecule has 0 atom stereocenters. The minimum atomic E-state index is 0.500. The molecule has 0 saturated heterocycles. The molecule has 3 aromatic rings. The van der Waals surface area contributed by atoms with E-state index in [2.05, 4.69) is 4.98 Å². The van der Waals surface area contributed by atoms with Gasteiger partial charge in [0.2, 0.25) is 0 Å². The van der Waals surface area contributed by atoms with Gasteiger partial charge in [0.1, 0.15) is 5.82 Å². The lowest BCUT2D eigenvalue weighted by molar-refractivity contribution is 0.880. The highest BCUT2D eigenvalue weighted by Crippen LogP contribution is 2.29. The van der Waals surface area contributed by atoms with Crippen LogP contribution >= 0.6 is 23.2 Å². The Kier molecular flexibility index (Phi) is 3.25. The zero-order chi connectivity index (χ0) is 15.1. The quantitative estimate of drug-likeness (QED) is 0.645. The summed E-state index contributed by atoms with van der Waals surface area (Å²) in [6.45, 7) is 0.500. The maximum Gasteiger partial charge on any atom is 0.134 e.